The van der Waals surface area contributed by atoms with Crippen molar-refractivity contribution in [2.45, 2.75) is 76.2 Å². The average molecular weight is 603 g/mol. The second-order valence-corrected chi connectivity index (χ2v) is 12.4. The van der Waals surface area contributed by atoms with Gasteiger partial charge in [0.2, 0.25) is 11.9 Å². The van der Waals surface area contributed by atoms with Crippen molar-refractivity contribution < 1.29 is 27.5 Å². The van der Waals surface area contributed by atoms with Gasteiger partial charge in [-0.3, -0.25) is 4.79 Å². The molecule has 2 saturated heterocycles. The van der Waals surface area contributed by atoms with E-state index in [9.17, 15) is 22.8 Å². The Morgan fingerprint density at radius 3 is 2.49 bits per heavy atom. The number of rotatable bonds is 8. The summed E-state index contributed by atoms with van der Waals surface area (Å²) in [4.78, 5) is 35.5. The van der Waals surface area contributed by atoms with Crippen molar-refractivity contribution in [1.82, 2.24) is 20.6 Å². The van der Waals surface area contributed by atoms with Crippen molar-refractivity contribution in [2.24, 2.45) is 5.92 Å². The third-order valence-electron chi connectivity index (χ3n) is 7.95. The number of carbonyl (C=O) groups excluding carboxylic acids is 2. The lowest BCUT2D eigenvalue weighted by Gasteiger charge is -2.38. The molecule has 2 aromatic rings. The summed E-state index contributed by atoms with van der Waals surface area (Å²) in [7, 11) is 0. The summed E-state index contributed by atoms with van der Waals surface area (Å²) in [6, 6.07) is 4.51. The summed E-state index contributed by atoms with van der Waals surface area (Å²) in [6.45, 7) is 7.05. The molecule has 1 aromatic carbocycles. The Morgan fingerprint density at radius 2 is 1.91 bits per heavy atom. The number of piperidine rings is 1. The molecule has 1 atom stereocenters. The monoisotopic (exact) mass is 602 g/mol. The predicted octanol–water partition coefficient (Wildman–Crippen LogP) is 4.81. The van der Waals surface area contributed by atoms with Gasteiger partial charge >= 0.3 is 12.3 Å². The first-order valence-electron chi connectivity index (χ1n) is 14.4. The van der Waals surface area contributed by atoms with Crippen LogP contribution in [-0.4, -0.2) is 65.0 Å². The highest BCUT2D eigenvalue weighted by Gasteiger charge is 2.51. The van der Waals surface area contributed by atoms with Gasteiger partial charge in [0.15, 0.2) is 0 Å². The van der Waals surface area contributed by atoms with Crippen LogP contribution in [0.4, 0.5) is 41.2 Å². The Morgan fingerprint density at radius 1 is 1.19 bits per heavy atom. The van der Waals surface area contributed by atoms with E-state index < -0.39 is 23.4 Å². The van der Waals surface area contributed by atoms with Gasteiger partial charge in [-0.05, 0) is 70.6 Å². The maximum absolute atomic E-state index is 13.4. The molecule has 1 aliphatic carbocycles. The Kier molecular flexibility index (Phi) is 8.14. The summed E-state index contributed by atoms with van der Waals surface area (Å²) in [5.41, 5.74) is -1.21. The van der Waals surface area contributed by atoms with E-state index in [0.717, 1.165) is 44.0 Å². The zero-order chi connectivity index (χ0) is 31.0. The molecule has 1 aromatic heterocycles. The summed E-state index contributed by atoms with van der Waals surface area (Å²) in [5.74, 6) is 0.961. The fourth-order valence-corrected chi connectivity index (χ4v) is 5.71. The van der Waals surface area contributed by atoms with Crippen molar-refractivity contribution in [3.63, 3.8) is 0 Å². The number of nitrogens with one attached hydrogen (secondary N) is 5. The lowest BCUT2D eigenvalue weighted by Crippen LogP contribution is -2.49. The van der Waals surface area contributed by atoms with Gasteiger partial charge < -0.3 is 36.3 Å². The van der Waals surface area contributed by atoms with Crippen LogP contribution < -0.4 is 26.2 Å². The number of anilines is 4. The molecule has 2 aliphatic heterocycles. The largest absolute Gasteiger partial charge is 0.444 e. The lowest BCUT2D eigenvalue weighted by atomic mass is 9.87. The molecular weight excluding hydrogens is 565 g/mol. The zero-order valence-electron chi connectivity index (χ0n) is 24.4. The Hall–Kier alpha value is -4.10. The molecule has 3 fully saturated rings. The van der Waals surface area contributed by atoms with Crippen LogP contribution in [0, 0.1) is 11.3 Å². The van der Waals surface area contributed by atoms with E-state index >= 15 is 0 Å². The normalized spacial score (nSPS) is 20.3. The molecule has 0 bridgehead atoms. The molecule has 5 N–H and O–H groups in total. The standard InChI is InChI=1S/C29H37F3N8O3/c1-27(2,3)43-26(42)39-28(9-10-28)17-7-11-40(12-8-17)24-21(15-33)23(35-19-6-4-5-18(13-19)29(30,31)32)37-25(38-24)36-20-14-22(41)34-16-20/h4-6,13,15,17,20,33H,7-12,14,16H2,1-3H3,(H,34,41)(H,39,42)(H2,35,36,37,38). The number of ether oxygens (including phenoxy) is 1. The van der Waals surface area contributed by atoms with Crippen LogP contribution in [0.5, 0.6) is 0 Å². The molecule has 0 radical (unpaired) electrons. The van der Waals surface area contributed by atoms with Crippen LogP contribution in [0.2, 0.25) is 0 Å². The molecule has 1 unspecified atom stereocenters. The SMILES string of the molecule is CC(C)(C)OC(=O)NC1(C2CCN(c3nc(NC4CNC(=O)C4)nc(Nc4cccc(C(F)(F)F)c4)c3C=N)CC2)CC1. The van der Waals surface area contributed by atoms with E-state index in [1.54, 1.807) is 0 Å². The van der Waals surface area contributed by atoms with Crippen molar-refractivity contribution in [1.29, 1.82) is 5.41 Å². The van der Waals surface area contributed by atoms with Crippen LogP contribution in [0.25, 0.3) is 0 Å². The Balaban J connectivity index is 1.38. The van der Waals surface area contributed by atoms with Gasteiger partial charge in [0, 0.05) is 43.5 Å². The first-order valence-corrected chi connectivity index (χ1v) is 14.4. The maximum atomic E-state index is 13.4. The highest BCUT2D eigenvalue weighted by Crippen LogP contribution is 2.47. The van der Waals surface area contributed by atoms with Gasteiger partial charge in [0.25, 0.3) is 0 Å². The highest BCUT2D eigenvalue weighted by molar-refractivity contribution is 5.93. The molecule has 3 aliphatic rings. The van der Waals surface area contributed by atoms with Gasteiger partial charge in [-0.2, -0.15) is 23.1 Å². The molecule has 3 heterocycles. The number of carbonyl (C=O) groups is 2. The molecule has 1 saturated carbocycles. The number of nitrogens with zero attached hydrogens (tertiary/aromatic N) is 3. The summed E-state index contributed by atoms with van der Waals surface area (Å²) in [6.07, 6.45) is -0.333. The van der Waals surface area contributed by atoms with Crippen molar-refractivity contribution in [3.8, 4) is 0 Å². The third kappa shape index (κ3) is 7.28. The second-order valence-electron chi connectivity index (χ2n) is 12.4. The number of benzene rings is 1. The molecule has 14 heteroatoms. The number of amides is 2. The van der Waals surface area contributed by atoms with Crippen LogP contribution in [0.3, 0.4) is 0 Å². The highest BCUT2D eigenvalue weighted by atomic mass is 19.4. The van der Waals surface area contributed by atoms with E-state index in [4.69, 9.17) is 15.1 Å². The molecule has 232 valence electrons. The van der Waals surface area contributed by atoms with Crippen LogP contribution in [0.15, 0.2) is 24.3 Å². The van der Waals surface area contributed by atoms with Gasteiger partial charge in [-0.1, -0.05) is 6.07 Å². The van der Waals surface area contributed by atoms with Crippen LogP contribution in [0.1, 0.15) is 64.0 Å². The number of hydrogen-bond donors (Lipinski definition) is 5. The predicted molar refractivity (Wildman–Crippen MR) is 156 cm³/mol. The average Bonchev–Trinajstić information content (AvgIpc) is 3.59. The summed E-state index contributed by atoms with van der Waals surface area (Å²) >= 11 is 0. The maximum Gasteiger partial charge on any atom is 0.416 e. The number of alkyl carbamates (subject to hydrolysis) is 1. The fraction of sp³-hybridized carbons (Fsp3) is 0.552. The molecule has 5 rings (SSSR count). The van der Waals surface area contributed by atoms with E-state index in [1.807, 2.05) is 25.7 Å². The summed E-state index contributed by atoms with van der Waals surface area (Å²) < 4.78 is 45.6. The van der Waals surface area contributed by atoms with Gasteiger partial charge in [-0.25, -0.2) is 4.79 Å². The Bertz CT molecular complexity index is 1380. The molecule has 11 nitrogen and oxygen atoms in total. The van der Waals surface area contributed by atoms with E-state index in [0.29, 0.717) is 31.0 Å². The number of aromatic nitrogens is 2. The van der Waals surface area contributed by atoms with Gasteiger partial charge in [0.05, 0.1) is 17.2 Å². The quantitative estimate of drug-likeness (QED) is 0.271. The first kappa shape index (κ1) is 30.4. The van der Waals surface area contributed by atoms with E-state index in [2.05, 4.69) is 26.3 Å². The minimum atomic E-state index is -4.52. The summed E-state index contributed by atoms with van der Waals surface area (Å²) in [5, 5.41) is 20.2. The smallest absolute Gasteiger partial charge is 0.416 e. The first-order chi connectivity index (χ1) is 20.2. The Labute approximate surface area is 247 Å². The van der Waals surface area contributed by atoms with Crippen molar-refractivity contribution in [3.05, 3.63) is 35.4 Å². The molecule has 43 heavy (non-hydrogen) atoms. The fourth-order valence-electron chi connectivity index (χ4n) is 5.71. The number of alkyl halides is 3. The number of halogens is 3. The van der Waals surface area contributed by atoms with E-state index in [1.165, 1.54) is 12.1 Å². The molecule has 0 spiro atoms. The minimum Gasteiger partial charge on any atom is -0.444 e. The zero-order valence-corrected chi connectivity index (χ0v) is 24.4. The topological polar surface area (TPSA) is 144 Å². The van der Waals surface area contributed by atoms with E-state index in [-0.39, 0.29) is 47.3 Å². The second kappa shape index (κ2) is 11.5. The minimum absolute atomic E-state index is 0.104. The number of hydrogen-bond acceptors (Lipinski definition) is 9. The molecular formula is C29H37F3N8O3. The van der Waals surface area contributed by atoms with Crippen molar-refractivity contribution >= 4 is 41.5 Å². The van der Waals surface area contributed by atoms with Crippen LogP contribution in [-0.2, 0) is 15.7 Å². The molecule has 2 amide bonds. The lowest BCUT2D eigenvalue weighted by molar-refractivity contribution is -0.137. The third-order valence-corrected chi connectivity index (χ3v) is 7.95. The van der Waals surface area contributed by atoms with Gasteiger partial charge in [-0.15, -0.1) is 0 Å². The van der Waals surface area contributed by atoms with Crippen LogP contribution >= 0.6 is 0 Å². The van der Waals surface area contributed by atoms with Gasteiger partial charge in [0.1, 0.15) is 17.2 Å². The van der Waals surface area contributed by atoms with Crippen molar-refractivity contribution in [2.75, 3.05) is 35.2 Å².